The van der Waals surface area contributed by atoms with Gasteiger partial charge in [-0.05, 0) is 63.0 Å². The van der Waals surface area contributed by atoms with Gasteiger partial charge in [-0.15, -0.1) is 0 Å². The standard InChI is InChI=1S/C18H27N3O2/c1-12-6-7-15(10-13(12)2)21-16(22)18(19-17(21)23-5)11-20(4)9-8-14(18)3/h6-7,10,14,17,19H,8-9,11H2,1-5H3. The molecule has 2 saturated heterocycles. The summed E-state index contributed by atoms with van der Waals surface area (Å²) in [6.07, 6.45) is 0.588. The van der Waals surface area contributed by atoms with Crippen LogP contribution in [0.2, 0.25) is 0 Å². The second-order valence-corrected chi connectivity index (χ2v) is 7.07. The minimum Gasteiger partial charge on any atom is -0.348 e. The van der Waals surface area contributed by atoms with Crippen molar-refractivity contribution < 1.29 is 9.53 Å². The quantitative estimate of drug-likeness (QED) is 0.905. The highest BCUT2D eigenvalue weighted by Gasteiger charge is 2.56. The van der Waals surface area contributed by atoms with E-state index in [0.717, 1.165) is 18.7 Å². The first kappa shape index (κ1) is 16.4. The zero-order valence-corrected chi connectivity index (χ0v) is 14.7. The highest BCUT2D eigenvalue weighted by molar-refractivity contribution is 6.03. The van der Waals surface area contributed by atoms with Gasteiger partial charge in [-0.1, -0.05) is 13.0 Å². The van der Waals surface area contributed by atoms with Crippen LogP contribution in [0.1, 0.15) is 24.5 Å². The van der Waals surface area contributed by atoms with Gasteiger partial charge < -0.3 is 9.64 Å². The van der Waals surface area contributed by atoms with Crippen molar-refractivity contribution in [2.24, 2.45) is 5.92 Å². The van der Waals surface area contributed by atoms with Crippen molar-refractivity contribution >= 4 is 11.6 Å². The highest BCUT2D eigenvalue weighted by atomic mass is 16.5. The largest absolute Gasteiger partial charge is 0.348 e. The Labute approximate surface area is 138 Å². The number of carbonyl (C=O) groups is 1. The SMILES string of the molecule is COC1NC2(CN(C)CCC2C)C(=O)N1c1ccc(C)c(C)c1. The van der Waals surface area contributed by atoms with Gasteiger partial charge in [0.2, 0.25) is 0 Å². The van der Waals surface area contributed by atoms with E-state index < -0.39 is 11.9 Å². The van der Waals surface area contributed by atoms with Gasteiger partial charge in [0.1, 0.15) is 5.54 Å². The number of methoxy groups -OCH3 is 1. The number of nitrogens with zero attached hydrogens (tertiary/aromatic N) is 2. The second kappa shape index (κ2) is 5.89. The Bertz CT molecular complexity index is 618. The third-order valence-corrected chi connectivity index (χ3v) is 5.51. The number of benzene rings is 1. The normalized spacial score (nSPS) is 32.0. The molecule has 0 radical (unpaired) electrons. The Hall–Kier alpha value is -1.43. The van der Waals surface area contributed by atoms with E-state index in [-0.39, 0.29) is 11.8 Å². The molecular weight excluding hydrogens is 290 g/mol. The number of rotatable bonds is 2. The first-order valence-corrected chi connectivity index (χ1v) is 8.29. The number of nitrogens with one attached hydrogen (secondary N) is 1. The Morgan fingerprint density at radius 1 is 1.30 bits per heavy atom. The van der Waals surface area contributed by atoms with Crippen molar-refractivity contribution in [3.63, 3.8) is 0 Å². The van der Waals surface area contributed by atoms with Crippen molar-refractivity contribution in [3.8, 4) is 0 Å². The molecule has 1 amide bonds. The minimum absolute atomic E-state index is 0.117. The van der Waals surface area contributed by atoms with Gasteiger partial charge >= 0.3 is 0 Å². The van der Waals surface area contributed by atoms with Gasteiger partial charge in [0.25, 0.3) is 5.91 Å². The topological polar surface area (TPSA) is 44.8 Å². The lowest BCUT2D eigenvalue weighted by atomic mass is 9.79. The van der Waals surface area contributed by atoms with E-state index in [1.807, 2.05) is 6.07 Å². The Kier molecular flexibility index (Phi) is 4.21. The van der Waals surface area contributed by atoms with Crippen LogP contribution in [0.4, 0.5) is 5.69 Å². The summed E-state index contributed by atoms with van der Waals surface area (Å²) in [5, 5.41) is 3.48. The molecule has 3 atom stereocenters. The van der Waals surface area contributed by atoms with Crippen LogP contribution in [0.15, 0.2) is 18.2 Å². The van der Waals surface area contributed by atoms with Crippen LogP contribution in [0.25, 0.3) is 0 Å². The van der Waals surface area contributed by atoms with Gasteiger partial charge in [-0.2, -0.15) is 0 Å². The molecule has 1 aromatic rings. The fourth-order valence-corrected chi connectivity index (χ4v) is 3.75. The molecule has 2 heterocycles. The minimum atomic E-state index is -0.563. The average Bonchev–Trinajstić information content (AvgIpc) is 2.80. The molecule has 5 heteroatoms. The van der Waals surface area contributed by atoms with Crippen molar-refractivity contribution in [2.75, 3.05) is 32.1 Å². The van der Waals surface area contributed by atoms with Crippen LogP contribution in [0.5, 0.6) is 0 Å². The lowest BCUT2D eigenvalue weighted by molar-refractivity contribution is -0.126. The van der Waals surface area contributed by atoms with Crippen molar-refractivity contribution in [1.29, 1.82) is 0 Å². The van der Waals surface area contributed by atoms with E-state index in [9.17, 15) is 4.79 Å². The zero-order chi connectivity index (χ0) is 16.8. The predicted octanol–water partition coefficient (Wildman–Crippen LogP) is 1.88. The number of likely N-dealkylation sites (tertiary alicyclic amines) is 1. The van der Waals surface area contributed by atoms with Crippen LogP contribution in [0.3, 0.4) is 0 Å². The molecule has 1 N–H and O–H groups in total. The molecule has 1 aromatic carbocycles. The fourth-order valence-electron chi connectivity index (χ4n) is 3.75. The maximum absolute atomic E-state index is 13.4. The summed E-state index contributed by atoms with van der Waals surface area (Å²) in [6.45, 7) is 8.06. The van der Waals surface area contributed by atoms with Gasteiger partial charge in [-0.3, -0.25) is 15.0 Å². The lowest BCUT2D eigenvalue weighted by Crippen LogP contribution is -2.62. The number of anilines is 1. The van der Waals surface area contributed by atoms with Crippen LogP contribution in [-0.2, 0) is 9.53 Å². The number of amides is 1. The molecule has 126 valence electrons. The monoisotopic (exact) mass is 317 g/mol. The van der Waals surface area contributed by atoms with E-state index in [1.165, 1.54) is 11.1 Å². The van der Waals surface area contributed by atoms with E-state index in [4.69, 9.17) is 4.74 Å². The molecule has 3 unspecified atom stereocenters. The first-order valence-electron chi connectivity index (χ1n) is 8.29. The Balaban J connectivity index is 2.00. The first-order chi connectivity index (χ1) is 10.9. The van der Waals surface area contributed by atoms with Gasteiger partial charge in [0.15, 0.2) is 6.35 Å². The Morgan fingerprint density at radius 2 is 2.04 bits per heavy atom. The smallest absolute Gasteiger partial charge is 0.252 e. The number of hydrogen-bond acceptors (Lipinski definition) is 4. The van der Waals surface area contributed by atoms with Crippen LogP contribution in [0, 0.1) is 19.8 Å². The number of likely N-dealkylation sites (N-methyl/N-ethyl adjacent to an activating group) is 1. The van der Waals surface area contributed by atoms with Crippen molar-refractivity contribution in [3.05, 3.63) is 29.3 Å². The molecule has 1 spiro atoms. The van der Waals surface area contributed by atoms with E-state index >= 15 is 0 Å². The van der Waals surface area contributed by atoms with Crippen LogP contribution in [-0.4, -0.2) is 49.9 Å². The zero-order valence-electron chi connectivity index (χ0n) is 14.7. The summed E-state index contributed by atoms with van der Waals surface area (Å²) < 4.78 is 5.61. The summed E-state index contributed by atoms with van der Waals surface area (Å²) in [6, 6.07) is 6.13. The summed E-state index contributed by atoms with van der Waals surface area (Å²) >= 11 is 0. The maximum atomic E-state index is 13.4. The second-order valence-electron chi connectivity index (χ2n) is 7.07. The third kappa shape index (κ3) is 2.57. The van der Waals surface area contributed by atoms with Crippen LogP contribution < -0.4 is 10.2 Å². The van der Waals surface area contributed by atoms with Crippen molar-refractivity contribution in [2.45, 2.75) is 39.1 Å². The number of carbonyl (C=O) groups excluding carboxylic acids is 1. The highest BCUT2D eigenvalue weighted by Crippen LogP contribution is 2.37. The molecule has 2 aliphatic heterocycles. The number of hydrogen-bond donors (Lipinski definition) is 1. The number of aryl methyl sites for hydroxylation is 2. The fraction of sp³-hybridized carbons (Fsp3) is 0.611. The molecule has 2 fully saturated rings. The Morgan fingerprint density at radius 3 is 2.70 bits per heavy atom. The predicted molar refractivity (Wildman–Crippen MR) is 91.3 cm³/mol. The molecule has 0 bridgehead atoms. The average molecular weight is 317 g/mol. The summed E-state index contributed by atoms with van der Waals surface area (Å²) in [5.74, 6) is 0.395. The van der Waals surface area contributed by atoms with Crippen LogP contribution >= 0.6 is 0 Å². The molecular formula is C18H27N3O2. The third-order valence-electron chi connectivity index (χ3n) is 5.51. The molecule has 3 rings (SSSR count). The molecule has 5 nitrogen and oxygen atoms in total. The van der Waals surface area contributed by atoms with Gasteiger partial charge in [0, 0.05) is 19.3 Å². The molecule has 23 heavy (non-hydrogen) atoms. The number of ether oxygens (including phenoxy) is 1. The molecule has 0 aromatic heterocycles. The summed E-state index contributed by atoms with van der Waals surface area (Å²) in [5.41, 5.74) is 2.74. The molecule has 2 aliphatic rings. The van der Waals surface area contributed by atoms with E-state index in [1.54, 1.807) is 12.0 Å². The van der Waals surface area contributed by atoms with E-state index in [2.05, 4.69) is 50.2 Å². The lowest BCUT2D eigenvalue weighted by Gasteiger charge is -2.41. The molecule has 0 aliphatic carbocycles. The summed E-state index contributed by atoms with van der Waals surface area (Å²) in [4.78, 5) is 17.4. The van der Waals surface area contributed by atoms with Gasteiger partial charge in [0.05, 0.1) is 0 Å². The van der Waals surface area contributed by atoms with E-state index in [0.29, 0.717) is 6.54 Å². The van der Waals surface area contributed by atoms with Crippen molar-refractivity contribution in [1.82, 2.24) is 10.2 Å². The number of piperidine rings is 1. The maximum Gasteiger partial charge on any atom is 0.252 e. The molecule has 0 saturated carbocycles. The summed E-state index contributed by atoms with van der Waals surface area (Å²) in [7, 11) is 3.72. The van der Waals surface area contributed by atoms with Gasteiger partial charge in [-0.25, -0.2) is 0 Å².